The Morgan fingerprint density at radius 1 is 0.950 bits per heavy atom. The summed E-state index contributed by atoms with van der Waals surface area (Å²) in [6, 6.07) is 20.5. The fourth-order valence-corrected chi connectivity index (χ4v) is 6.28. The number of sulfonamides is 1. The van der Waals surface area contributed by atoms with Crippen LogP contribution in [0.25, 0.3) is 0 Å². The van der Waals surface area contributed by atoms with Gasteiger partial charge in [-0.2, -0.15) is 4.31 Å². The lowest BCUT2D eigenvalue weighted by Crippen LogP contribution is -2.51. The van der Waals surface area contributed by atoms with Crippen LogP contribution in [0.2, 0.25) is 0 Å². The molecule has 3 aromatic carbocycles. The van der Waals surface area contributed by atoms with Crippen molar-refractivity contribution in [3.8, 4) is 5.75 Å². The molecule has 0 unspecified atom stereocenters. The molecule has 1 amide bonds. The predicted octanol–water partition coefficient (Wildman–Crippen LogP) is 4.12. The molecule has 2 atom stereocenters. The van der Waals surface area contributed by atoms with Crippen LogP contribution in [0, 0.1) is 12.8 Å². The minimum Gasteiger partial charge on any atom is -0.497 e. The number of rotatable bonds is 13. The number of benzene rings is 3. The molecule has 216 valence electrons. The molecule has 3 rings (SSSR count). The molecule has 0 aliphatic rings. The van der Waals surface area contributed by atoms with Gasteiger partial charge in [-0.1, -0.05) is 50.2 Å². The van der Waals surface area contributed by atoms with Gasteiger partial charge in [0.2, 0.25) is 10.0 Å². The molecule has 0 saturated carbocycles. The maximum Gasteiger partial charge on any atom is 0.251 e. The Bertz CT molecular complexity index is 1360. The molecule has 0 aliphatic heterocycles. The summed E-state index contributed by atoms with van der Waals surface area (Å²) in [5.74, 6) is 0.238. The first kappa shape index (κ1) is 31.1. The van der Waals surface area contributed by atoms with Crippen molar-refractivity contribution in [1.29, 1.82) is 0 Å². The van der Waals surface area contributed by atoms with E-state index in [1.165, 1.54) is 23.5 Å². The number of carbonyl (C=O) groups excluding carboxylic acids is 1. The van der Waals surface area contributed by atoms with Crippen molar-refractivity contribution in [3.63, 3.8) is 0 Å². The number of aliphatic hydroxyl groups excluding tert-OH is 1. The number of methoxy groups -OCH3 is 1. The van der Waals surface area contributed by atoms with Gasteiger partial charge >= 0.3 is 0 Å². The quantitative estimate of drug-likeness (QED) is 0.323. The minimum absolute atomic E-state index is 0.0128. The number of hydrogen-bond donors (Lipinski definition) is 2. The van der Waals surface area contributed by atoms with E-state index in [0.29, 0.717) is 17.7 Å². The molecule has 0 fully saturated rings. The van der Waals surface area contributed by atoms with Crippen LogP contribution in [0.4, 0.5) is 5.69 Å². The van der Waals surface area contributed by atoms with Gasteiger partial charge < -0.3 is 20.1 Å². The maximum absolute atomic E-state index is 13.7. The van der Waals surface area contributed by atoms with E-state index >= 15 is 0 Å². The highest BCUT2D eigenvalue weighted by Gasteiger charge is 2.31. The highest BCUT2D eigenvalue weighted by molar-refractivity contribution is 7.89. The normalized spacial score (nSPS) is 13.2. The van der Waals surface area contributed by atoms with E-state index < -0.39 is 22.2 Å². The summed E-state index contributed by atoms with van der Waals surface area (Å²) in [5.41, 5.74) is 3.16. The third-order valence-electron chi connectivity index (χ3n) is 6.77. The van der Waals surface area contributed by atoms with Gasteiger partial charge in [-0.3, -0.25) is 4.79 Å². The molecule has 0 bridgehead atoms. The molecular formula is C31H41N3O5S. The van der Waals surface area contributed by atoms with Gasteiger partial charge in [0, 0.05) is 38.4 Å². The summed E-state index contributed by atoms with van der Waals surface area (Å²) >= 11 is 0. The molecule has 0 aliphatic carbocycles. The van der Waals surface area contributed by atoms with Gasteiger partial charge in [0.05, 0.1) is 24.2 Å². The number of nitrogens with zero attached hydrogens (tertiary/aromatic N) is 2. The Hall–Kier alpha value is -3.40. The smallest absolute Gasteiger partial charge is 0.251 e. The second kappa shape index (κ2) is 13.8. The summed E-state index contributed by atoms with van der Waals surface area (Å²) in [5, 5.41) is 14.5. The molecule has 8 nitrogen and oxygen atoms in total. The van der Waals surface area contributed by atoms with Crippen molar-refractivity contribution in [2.75, 3.05) is 39.2 Å². The summed E-state index contributed by atoms with van der Waals surface area (Å²) in [6.07, 6.45) is -0.841. The van der Waals surface area contributed by atoms with Gasteiger partial charge in [-0.25, -0.2) is 8.42 Å². The Morgan fingerprint density at radius 2 is 1.60 bits per heavy atom. The summed E-state index contributed by atoms with van der Waals surface area (Å²) in [7, 11) is 1.42. The number of carbonyl (C=O) groups is 1. The van der Waals surface area contributed by atoms with E-state index in [0.717, 1.165) is 16.8 Å². The highest BCUT2D eigenvalue weighted by atomic mass is 32.2. The van der Waals surface area contributed by atoms with E-state index in [2.05, 4.69) is 5.32 Å². The Kier molecular flexibility index (Phi) is 10.7. The molecule has 9 heteroatoms. The Balaban J connectivity index is 1.92. The van der Waals surface area contributed by atoms with Crippen molar-refractivity contribution < 1.29 is 23.1 Å². The van der Waals surface area contributed by atoms with Crippen LogP contribution in [-0.4, -0.2) is 70.2 Å². The van der Waals surface area contributed by atoms with E-state index in [-0.39, 0.29) is 29.8 Å². The van der Waals surface area contributed by atoms with Crippen LogP contribution in [0.15, 0.2) is 77.7 Å². The monoisotopic (exact) mass is 567 g/mol. The van der Waals surface area contributed by atoms with Crippen LogP contribution in [0.3, 0.4) is 0 Å². The van der Waals surface area contributed by atoms with E-state index in [9.17, 15) is 18.3 Å². The maximum atomic E-state index is 13.7. The molecule has 0 heterocycles. The van der Waals surface area contributed by atoms with Crippen molar-refractivity contribution in [1.82, 2.24) is 9.62 Å². The SMILES string of the molecule is COc1ccc(S(=O)(=O)N(CC(C)C)C[C@@H](O)[C@H](Cc2ccccc2)NC(=O)c2cccc(N(C)C)c2C)cc1. The molecule has 0 aromatic heterocycles. The number of anilines is 1. The van der Waals surface area contributed by atoms with Crippen molar-refractivity contribution in [2.45, 2.75) is 44.2 Å². The summed E-state index contributed by atoms with van der Waals surface area (Å²) in [6.45, 7) is 5.76. The van der Waals surface area contributed by atoms with Crippen LogP contribution in [-0.2, 0) is 16.4 Å². The molecular weight excluding hydrogens is 526 g/mol. The zero-order valence-electron chi connectivity index (χ0n) is 24.2. The Morgan fingerprint density at radius 3 is 2.17 bits per heavy atom. The number of amides is 1. The van der Waals surface area contributed by atoms with Gasteiger partial charge in [0.1, 0.15) is 5.75 Å². The largest absolute Gasteiger partial charge is 0.497 e. The first-order chi connectivity index (χ1) is 18.9. The molecule has 0 radical (unpaired) electrons. The van der Waals surface area contributed by atoms with Crippen molar-refractivity contribution >= 4 is 21.6 Å². The average molecular weight is 568 g/mol. The molecule has 0 saturated heterocycles. The number of hydrogen-bond acceptors (Lipinski definition) is 6. The lowest BCUT2D eigenvalue weighted by Gasteiger charge is -2.31. The topological polar surface area (TPSA) is 99.2 Å². The fraction of sp³-hybridized carbons (Fsp3) is 0.387. The van der Waals surface area contributed by atoms with Crippen LogP contribution in [0.5, 0.6) is 5.75 Å². The van der Waals surface area contributed by atoms with Crippen molar-refractivity contribution in [3.05, 3.63) is 89.5 Å². The second-order valence-electron chi connectivity index (χ2n) is 10.6. The highest BCUT2D eigenvalue weighted by Crippen LogP contribution is 2.23. The molecule has 0 spiro atoms. The Labute approximate surface area is 238 Å². The third-order valence-corrected chi connectivity index (χ3v) is 8.61. The van der Waals surface area contributed by atoms with Crippen molar-refractivity contribution in [2.24, 2.45) is 5.92 Å². The molecule has 3 aromatic rings. The second-order valence-corrected chi connectivity index (χ2v) is 12.5. The average Bonchev–Trinajstić information content (AvgIpc) is 2.92. The molecule has 40 heavy (non-hydrogen) atoms. The number of nitrogens with one attached hydrogen (secondary N) is 1. The first-order valence-corrected chi connectivity index (χ1v) is 14.8. The predicted molar refractivity (Wildman–Crippen MR) is 160 cm³/mol. The number of aliphatic hydroxyl groups is 1. The van der Waals surface area contributed by atoms with Crippen LogP contribution < -0.4 is 15.0 Å². The van der Waals surface area contributed by atoms with Gasteiger partial charge in [0.25, 0.3) is 5.91 Å². The standard InChI is InChI=1S/C31H41N3O5S/c1-22(2)20-34(40(37,38)26-17-15-25(39-6)16-18-26)21-30(35)28(19-24-11-8-7-9-12-24)32-31(36)27-13-10-14-29(23(27)3)33(4)5/h7-18,22,28,30,35H,19-21H2,1-6H3,(H,32,36)/t28-,30+/m0/s1. The summed E-state index contributed by atoms with van der Waals surface area (Å²) in [4.78, 5) is 15.6. The first-order valence-electron chi connectivity index (χ1n) is 13.4. The lowest BCUT2D eigenvalue weighted by atomic mass is 9.99. The van der Waals surface area contributed by atoms with E-state index in [1.807, 2.05) is 82.2 Å². The fourth-order valence-electron chi connectivity index (χ4n) is 4.66. The molecule has 2 N–H and O–H groups in total. The van der Waals surface area contributed by atoms with Gasteiger partial charge in [-0.05, 0) is 66.8 Å². The zero-order chi connectivity index (χ0) is 29.4. The van der Waals surface area contributed by atoms with Gasteiger partial charge in [-0.15, -0.1) is 0 Å². The lowest BCUT2D eigenvalue weighted by molar-refractivity contribution is 0.0775. The van der Waals surface area contributed by atoms with Crippen LogP contribution in [0.1, 0.15) is 35.3 Å². The van der Waals surface area contributed by atoms with E-state index in [4.69, 9.17) is 4.74 Å². The number of ether oxygens (including phenoxy) is 1. The summed E-state index contributed by atoms with van der Waals surface area (Å²) < 4.78 is 33.8. The zero-order valence-corrected chi connectivity index (χ0v) is 25.0. The van der Waals surface area contributed by atoms with Crippen LogP contribution >= 0.6 is 0 Å². The van der Waals surface area contributed by atoms with E-state index in [1.54, 1.807) is 18.2 Å². The third kappa shape index (κ3) is 7.84. The van der Waals surface area contributed by atoms with Gasteiger partial charge in [0.15, 0.2) is 0 Å². The minimum atomic E-state index is -3.93.